The molecule has 2 aromatic rings. The monoisotopic (exact) mass is 288 g/mol. The fraction of sp³-hybridized carbons (Fsp3) is 0.600. The lowest BCUT2D eigenvalue weighted by atomic mass is 10.0. The zero-order valence-corrected chi connectivity index (χ0v) is 12.5. The van der Waals surface area contributed by atoms with Gasteiger partial charge in [0, 0.05) is 17.3 Å². The van der Waals surface area contributed by atoms with Crippen molar-refractivity contribution < 1.29 is 0 Å². The Morgan fingerprint density at radius 2 is 2.25 bits per heavy atom. The van der Waals surface area contributed by atoms with Crippen molar-refractivity contribution >= 4 is 11.3 Å². The van der Waals surface area contributed by atoms with Crippen LogP contribution in [0.3, 0.4) is 0 Å². The fourth-order valence-corrected chi connectivity index (χ4v) is 4.10. The van der Waals surface area contributed by atoms with Gasteiger partial charge in [0.2, 0.25) is 0 Å². The molecule has 0 amide bonds. The summed E-state index contributed by atoms with van der Waals surface area (Å²) in [5.74, 6) is 1.20. The molecule has 1 unspecified atom stereocenters. The predicted octanol–water partition coefficient (Wildman–Crippen LogP) is 3.08. The van der Waals surface area contributed by atoms with E-state index in [2.05, 4.69) is 20.2 Å². The topological polar surface area (TPSA) is 44.8 Å². The van der Waals surface area contributed by atoms with Gasteiger partial charge in [-0.3, -0.25) is 4.90 Å². The number of fused-ring (bicyclic) bond motifs is 1. The normalized spacial score (nSPS) is 23.1. The van der Waals surface area contributed by atoms with Gasteiger partial charge in [0.25, 0.3) is 0 Å². The molecule has 3 heterocycles. The van der Waals surface area contributed by atoms with Crippen molar-refractivity contribution in [2.24, 2.45) is 0 Å². The zero-order valence-electron chi connectivity index (χ0n) is 11.6. The number of nitrogens with one attached hydrogen (secondary N) is 1. The van der Waals surface area contributed by atoms with Crippen LogP contribution in [-0.4, -0.2) is 26.4 Å². The van der Waals surface area contributed by atoms with Crippen LogP contribution in [0, 0.1) is 0 Å². The minimum atomic E-state index is 0.462. The molecule has 2 aliphatic rings. The number of thiazole rings is 1. The predicted molar refractivity (Wildman–Crippen MR) is 79.7 cm³/mol. The van der Waals surface area contributed by atoms with E-state index in [4.69, 9.17) is 4.98 Å². The molecule has 1 saturated heterocycles. The second-order valence-corrected chi connectivity index (χ2v) is 6.79. The average Bonchev–Trinajstić information content (AvgIpc) is 3.18. The Labute approximate surface area is 123 Å². The summed E-state index contributed by atoms with van der Waals surface area (Å²) in [5.41, 5.74) is 2.72. The van der Waals surface area contributed by atoms with Crippen molar-refractivity contribution in [1.29, 1.82) is 0 Å². The van der Waals surface area contributed by atoms with Crippen molar-refractivity contribution in [3.05, 3.63) is 33.8 Å². The quantitative estimate of drug-likeness (QED) is 0.944. The summed E-state index contributed by atoms with van der Waals surface area (Å²) in [7, 11) is 0. The van der Waals surface area contributed by atoms with E-state index in [0.717, 1.165) is 19.5 Å². The Kier molecular flexibility index (Phi) is 3.32. The zero-order chi connectivity index (χ0) is 13.4. The molecule has 1 aliphatic heterocycles. The van der Waals surface area contributed by atoms with Crippen molar-refractivity contribution in [3.8, 4) is 0 Å². The second kappa shape index (κ2) is 5.30. The van der Waals surface area contributed by atoms with Crippen LogP contribution < -0.4 is 0 Å². The van der Waals surface area contributed by atoms with Crippen molar-refractivity contribution in [2.75, 3.05) is 6.54 Å². The number of likely N-dealkylation sites (tertiary alicyclic amines) is 1. The third kappa shape index (κ3) is 2.29. The molecule has 4 rings (SSSR count). The lowest BCUT2D eigenvalue weighted by Gasteiger charge is -2.21. The Morgan fingerprint density at radius 3 is 3.10 bits per heavy atom. The third-order valence-electron chi connectivity index (χ3n) is 4.47. The van der Waals surface area contributed by atoms with E-state index < -0.39 is 0 Å². The molecule has 20 heavy (non-hydrogen) atoms. The number of aromatic amines is 1. The maximum Gasteiger partial charge on any atom is 0.124 e. The van der Waals surface area contributed by atoms with Crippen LogP contribution in [-0.2, 0) is 19.4 Å². The number of rotatable bonds is 3. The van der Waals surface area contributed by atoms with E-state index in [9.17, 15) is 0 Å². The summed E-state index contributed by atoms with van der Waals surface area (Å²) in [6.45, 7) is 2.13. The highest BCUT2D eigenvalue weighted by molar-refractivity contribution is 7.09. The number of nitrogens with zero attached hydrogens (tertiary/aromatic N) is 3. The van der Waals surface area contributed by atoms with E-state index in [1.165, 1.54) is 54.3 Å². The highest BCUT2D eigenvalue weighted by Gasteiger charge is 2.30. The number of aryl methyl sites for hydroxylation is 2. The molecule has 1 atom stereocenters. The molecule has 0 spiro atoms. The maximum atomic E-state index is 4.90. The number of hydrogen-bond acceptors (Lipinski definition) is 4. The van der Waals surface area contributed by atoms with E-state index in [-0.39, 0.29) is 0 Å². The van der Waals surface area contributed by atoms with Gasteiger partial charge < -0.3 is 4.98 Å². The van der Waals surface area contributed by atoms with Gasteiger partial charge in [0.05, 0.1) is 18.3 Å². The summed E-state index contributed by atoms with van der Waals surface area (Å²) < 4.78 is 0. The van der Waals surface area contributed by atoms with E-state index >= 15 is 0 Å². The molecule has 5 heteroatoms. The first-order chi connectivity index (χ1) is 9.90. The van der Waals surface area contributed by atoms with Crippen molar-refractivity contribution in [3.63, 3.8) is 0 Å². The largest absolute Gasteiger partial charge is 0.344 e. The van der Waals surface area contributed by atoms with Crippen LogP contribution in [0.1, 0.15) is 53.9 Å². The van der Waals surface area contributed by atoms with Gasteiger partial charge in [-0.25, -0.2) is 9.97 Å². The van der Waals surface area contributed by atoms with Crippen LogP contribution >= 0.6 is 11.3 Å². The standard InChI is InChI=1S/C15H20N4S/c1-2-5-12-11(4-1)17-15(18-12)13-6-3-8-19(13)10-14-16-7-9-20-14/h7,9,13H,1-6,8,10H2,(H,17,18). The van der Waals surface area contributed by atoms with Gasteiger partial charge in [0.15, 0.2) is 0 Å². The van der Waals surface area contributed by atoms with Crippen LogP contribution in [0.15, 0.2) is 11.6 Å². The first-order valence-corrected chi connectivity index (χ1v) is 8.48. The van der Waals surface area contributed by atoms with Crippen LogP contribution in [0.25, 0.3) is 0 Å². The molecule has 0 radical (unpaired) electrons. The van der Waals surface area contributed by atoms with Gasteiger partial charge in [-0.15, -0.1) is 11.3 Å². The summed E-state index contributed by atoms with van der Waals surface area (Å²) in [5, 5.41) is 3.28. The summed E-state index contributed by atoms with van der Waals surface area (Å²) >= 11 is 1.75. The van der Waals surface area contributed by atoms with Gasteiger partial charge in [-0.05, 0) is 45.1 Å². The van der Waals surface area contributed by atoms with E-state index in [1.54, 1.807) is 11.3 Å². The minimum absolute atomic E-state index is 0.462. The molecular weight excluding hydrogens is 268 g/mol. The first kappa shape index (κ1) is 12.5. The molecule has 106 valence electrons. The van der Waals surface area contributed by atoms with Crippen molar-refractivity contribution in [1.82, 2.24) is 19.9 Å². The highest BCUT2D eigenvalue weighted by atomic mass is 32.1. The molecule has 0 bridgehead atoms. The van der Waals surface area contributed by atoms with E-state index in [1.807, 2.05) is 6.20 Å². The molecule has 0 saturated carbocycles. The summed E-state index contributed by atoms with van der Waals surface area (Å²) in [6, 6.07) is 0.462. The fourth-order valence-electron chi connectivity index (χ4n) is 3.46. The smallest absolute Gasteiger partial charge is 0.124 e. The number of imidazole rings is 1. The lowest BCUT2D eigenvalue weighted by molar-refractivity contribution is 0.240. The molecule has 2 aromatic heterocycles. The maximum absolute atomic E-state index is 4.90. The molecule has 0 aromatic carbocycles. The third-order valence-corrected chi connectivity index (χ3v) is 5.24. The minimum Gasteiger partial charge on any atom is -0.344 e. The molecule has 1 aliphatic carbocycles. The first-order valence-electron chi connectivity index (χ1n) is 7.60. The second-order valence-electron chi connectivity index (χ2n) is 5.81. The van der Waals surface area contributed by atoms with Gasteiger partial charge in [0.1, 0.15) is 10.8 Å². The van der Waals surface area contributed by atoms with Crippen LogP contribution in [0.5, 0.6) is 0 Å². The summed E-state index contributed by atoms with van der Waals surface area (Å²) in [6.07, 6.45) is 9.33. The number of H-pyrrole nitrogens is 1. The molecule has 4 nitrogen and oxygen atoms in total. The Balaban J connectivity index is 1.55. The Bertz CT molecular complexity index is 551. The van der Waals surface area contributed by atoms with Gasteiger partial charge in [-0.1, -0.05) is 0 Å². The highest BCUT2D eigenvalue weighted by Crippen LogP contribution is 2.33. The SMILES string of the molecule is c1csc(CN2CCCC2c2nc3c([nH]2)CCCC3)n1. The van der Waals surface area contributed by atoms with E-state index in [0.29, 0.717) is 6.04 Å². The van der Waals surface area contributed by atoms with Crippen LogP contribution in [0.4, 0.5) is 0 Å². The van der Waals surface area contributed by atoms with Crippen LogP contribution in [0.2, 0.25) is 0 Å². The van der Waals surface area contributed by atoms with Crippen molar-refractivity contribution in [2.45, 2.75) is 51.1 Å². The lowest BCUT2D eigenvalue weighted by Crippen LogP contribution is -2.23. The molecular formula is C15H20N4S. The summed E-state index contributed by atoms with van der Waals surface area (Å²) in [4.78, 5) is 15.5. The van der Waals surface area contributed by atoms with Gasteiger partial charge >= 0.3 is 0 Å². The number of hydrogen-bond donors (Lipinski definition) is 1. The molecule has 1 N–H and O–H groups in total. The Morgan fingerprint density at radius 1 is 1.30 bits per heavy atom. The van der Waals surface area contributed by atoms with Gasteiger partial charge in [-0.2, -0.15) is 0 Å². The molecule has 1 fully saturated rings. The number of aromatic nitrogens is 3. The average molecular weight is 288 g/mol. The Hall–Kier alpha value is -1.20.